The molecule has 1 unspecified atom stereocenters. The zero-order chi connectivity index (χ0) is 12.0. The third-order valence-corrected chi connectivity index (χ3v) is 2.78. The molecule has 0 aliphatic rings. The Balaban J connectivity index is 2.87. The smallest absolute Gasteiger partial charge is 0.146 e. The molecule has 0 amide bonds. The second kappa shape index (κ2) is 6.33. The molecule has 0 saturated heterocycles. The van der Waals surface area contributed by atoms with E-state index in [1.165, 1.54) is 0 Å². The zero-order valence-corrected chi connectivity index (χ0v) is 10.3. The van der Waals surface area contributed by atoms with E-state index in [9.17, 15) is 0 Å². The van der Waals surface area contributed by atoms with Gasteiger partial charge in [-0.3, -0.25) is 0 Å². The number of hydrogen-bond donors (Lipinski definition) is 1. The molecule has 16 heavy (non-hydrogen) atoms. The number of nitrogens with zero attached hydrogens (tertiary/aromatic N) is 2. The molecule has 1 aromatic rings. The second-order valence-corrected chi connectivity index (χ2v) is 3.85. The Bertz CT molecular complexity index is 317. The third kappa shape index (κ3) is 3.10. The summed E-state index contributed by atoms with van der Waals surface area (Å²) in [7, 11) is 1.71. The van der Waals surface area contributed by atoms with Crippen LogP contribution < -0.4 is 10.6 Å². The molecule has 1 heterocycles. The number of nitrogen functional groups attached to an aromatic ring is 1. The van der Waals surface area contributed by atoms with Gasteiger partial charge in [0, 0.05) is 25.9 Å². The van der Waals surface area contributed by atoms with Gasteiger partial charge in [-0.25, -0.2) is 4.98 Å². The Morgan fingerprint density at radius 1 is 1.56 bits per heavy atom. The van der Waals surface area contributed by atoms with Gasteiger partial charge in [-0.2, -0.15) is 0 Å². The normalized spacial score (nSPS) is 12.4. The standard InChI is InChI=1S/C12H21N3O/c1-4-10(2)15(8-9-16-3)11-6-5-7-14-12(11)13/h5-7,10H,4,8-9H2,1-3H3,(H2,13,14). The number of nitrogens with two attached hydrogens (primary N) is 1. The van der Waals surface area contributed by atoms with Crippen LogP contribution in [0, 0.1) is 0 Å². The van der Waals surface area contributed by atoms with Crippen LogP contribution in [0.2, 0.25) is 0 Å². The van der Waals surface area contributed by atoms with Crippen molar-refractivity contribution >= 4 is 11.5 Å². The first-order valence-electron chi connectivity index (χ1n) is 5.66. The molecular formula is C12H21N3O. The summed E-state index contributed by atoms with van der Waals surface area (Å²) in [5, 5.41) is 0. The van der Waals surface area contributed by atoms with E-state index in [1.807, 2.05) is 12.1 Å². The number of rotatable bonds is 6. The Hall–Kier alpha value is -1.29. The Morgan fingerprint density at radius 2 is 2.31 bits per heavy atom. The highest BCUT2D eigenvalue weighted by Gasteiger charge is 2.15. The topological polar surface area (TPSA) is 51.4 Å². The number of anilines is 2. The van der Waals surface area contributed by atoms with E-state index in [0.29, 0.717) is 18.5 Å². The number of pyridine rings is 1. The largest absolute Gasteiger partial charge is 0.383 e. The molecule has 2 N–H and O–H groups in total. The molecule has 1 atom stereocenters. The van der Waals surface area contributed by atoms with Crippen LogP contribution in [0.1, 0.15) is 20.3 Å². The van der Waals surface area contributed by atoms with Crippen LogP contribution in [0.25, 0.3) is 0 Å². The van der Waals surface area contributed by atoms with Crippen LogP contribution in [0.4, 0.5) is 11.5 Å². The van der Waals surface area contributed by atoms with Gasteiger partial charge in [0.15, 0.2) is 0 Å². The van der Waals surface area contributed by atoms with Crippen LogP contribution in [0.3, 0.4) is 0 Å². The minimum atomic E-state index is 0.432. The molecule has 0 aromatic carbocycles. The fourth-order valence-electron chi connectivity index (χ4n) is 1.64. The van der Waals surface area contributed by atoms with E-state index in [1.54, 1.807) is 13.3 Å². The highest BCUT2D eigenvalue weighted by Crippen LogP contribution is 2.23. The first-order valence-corrected chi connectivity index (χ1v) is 5.66. The average molecular weight is 223 g/mol. The van der Waals surface area contributed by atoms with Gasteiger partial charge in [0.25, 0.3) is 0 Å². The Morgan fingerprint density at radius 3 is 2.88 bits per heavy atom. The van der Waals surface area contributed by atoms with Crippen LogP contribution >= 0.6 is 0 Å². The molecule has 0 bridgehead atoms. The van der Waals surface area contributed by atoms with Gasteiger partial charge in [0.1, 0.15) is 5.82 Å². The van der Waals surface area contributed by atoms with Gasteiger partial charge < -0.3 is 15.4 Å². The van der Waals surface area contributed by atoms with Gasteiger partial charge in [-0.05, 0) is 25.5 Å². The van der Waals surface area contributed by atoms with Gasteiger partial charge in [0.05, 0.1) is 12.3 Å². The van der Waals surface area contributed by atoms with Crippen molar-refractivity contribution in [1.82, 2.24) is 4.98 Å². The minimum absolute atomic E-state index is 0.432. The number of aromatic nitrogens is 1. The lowest BCUT2D eigenvalue weighted by molar-refractivity contribution is 0.203. The summed E-state index contributed by atoms with van der Waals surface area (Å²) in [6, 6.07) is 4.35. The van der Waals surface area contributed by atoms with Gasteiger partial charge in [0.2, 0.25) is 0 Å². The van der Waals surface area contributed by atoms with E-state index in [2.05, 4.69) is 23.7 Å². The van der Waals surface area contributed by atoms with Gasteiger partial charge in [-0.15, -0.1) is 0 Å². The van der Waals surface area contributed by atoms with Crippen molar-refractivity contribution in [2.75, 3.05) is 30.9 Å². The summed E-state index contributed by atoms with van der Waals surface area (Å²) in [6.45, 7) is 5.87. The molecule has 0 radical (unpaired) electrons. The van der Waals surface area contributed by atoms with Crippen molar-refractivity contribution in [2.24, 2.45) is 0 Å². The van der Waals surface area contributed by atoms with E-state index >= 15 is 0 Å². The zero-order valence-electron chi connectivity index (χ0n) is 10.3. The molecule has 4 nitrogen and oxygen atoms in total. The molecule has 0 spiro atoms. The molecule has 90 valence electrons. The summed E-state index contributed by atoms with van der Waals surface area (Å²) >= 11 is 0. The second-order valence-electron chi connectivity index (χ2n) is 3.85. The summed E-state index contributed by atoms with van der Waals surface area (Å²) in [5.74, 6) is 0.582. The maximum atomic E-state index is 5.89. The SMILES string of the molecule is CCC(C)N(CCOC)c1cccnc1N. The van der Waals surface area contributed by atoms with Crippen LogP contribution in [-0.4, -0.2) is 31.3 Å². The van der Waals surface area contributed by atoms with Crippen molar-refractivity contribution in [3.63, 3.8) is 0 Å². The van der Waals surface area contributed by atoms with Crippen LogP contribution in [-0.2, 0) is 4.74 Å². The number of methoxy groups -OCH3 is 1. The maximum absolute atomic E-state index is 5.89. The highest BCUT2D eigenvalue weighted by atomic mass is 16.5. The van der Waals surface area contributed by atoms with E-state index < -0.39 is 0 Å². The first-order chi connectivity index (χ1) is 7.70. The Kier molecular flexibility index (Phi) is 5.05. The molecule has 1 rings (SSSR count). The molecule has 0 saturated carbocycles. The minimum Gasteiger partial charge on any atom is -0.383 e. The summed E-state index contributed by atoms with van der Waals surface area (Å²) in [6.07, 6.45) is 2.78. The predicted octanol–water partition coefficient (Wildman–Crippen LogP) is 1.92. The fourth-order valence-corrected chi connectivity index (χ4v) is 1.64. The molecular weight excluding hydrogens is 202 g/mol. The van der Waals surface area contributed by atoms with E-state index in [4.69, 9.17) is 10.5 Å². The summed E-state index contributed by atoms with van der Waals surface area (Å²) in [4.78, 5) is 6.36. The van der Waals surface area contributed by atoms with Crippen molar-refractivity contribution in [3.05, 3.63) is 18.3 Å². The van der Waals surface area contributed by atoms with Crippen LogP contribution in [0.5, 0.6) is 0 Å². The van der Waals surface area contributed by atoms with Crippen molar-refractivity contribution in [3.8, 4) is 0 Å². The lowest BCUT2D eigenvalue weighted by atomic mass is 10.2. The van der Waals surface area contributed by atoms with Crippen molar-refractivity contribution < 1.29 is 4.74 Å². The lowest BCUT2D eigenvalue weighted by Gasteiger charge is -2.31. The predicted molar refractivity (Wildman–Crippen MR) is 67.6 cm³/mol. The molecule has 0 aliphatic carbocycles. The van der Waals surface area contributed by atoms with Gasteiger partial charge in [-0.1, -0.05) is 6.92 Å². The number of hydrogen-bond acceptors (Lipinski definition) is 4. The first kappa shape index (κ1) is 12.8. The monoisotopic (exact) mass is 223 g/mol. The highest BCUT2D eigenvalue weighted by molar-refractivity contribution is 5.63. The van der Waals surface area contributed by atoms with Crippen LogP contribution in [0.15, 0.2) is 18.3 Å². The summed E-state index contributed by atoms with van der Waals surface area (Å²) < 4.78 is 5.13. The lowest BCUT2D eigenvalue weighted by Crippen LogP contribution is -2.36. The molecule has 0 aliphatic heterocycles. The maximum Gasteiger partial charge on any atom is 0.146 e. The fraction of sp³-hybridized carbons (Fsp3) is 0.583. The molecule has 0 fully saturated rings. The van der Waals surface area contributed by atoms with Gasteiger partial charge >= 0.3 is 0 Å². The van der Waals surface area contributed by atoms with Crippen molar-refractivity contribution in [2.45, 2.75) is 26.3 Å². The third-order valence-electron chi connectivity index (χ3n) is 2.78. The van der Waals surface area contributed by atoms with Crippen molar-refractivity contribution in [1.29, 1.82) is 0 Å². The Labute approximate surface area is 97.4 Å². The van der Waals surface area contributed by atoms with E-state index in [-0.39, 0.29) is 0 Å². The molecule has 1 aromatic heterocycles. The quantitative estimate of drug-likeness (QED) is 0.800. The number of ether oxygens (including phenoxy) is 1. The summed E-state index contributed by atoms with van der Waals surface area (Å²) in [5.41, 5.74) is 6.89. The van der Waals surface area contributed by atoms with E-state index in [0.717, 1.165) is 18.7 Å². The average Bonchev–Trinajstić information content (AvgIpc) is 2.31. The molecule has 4 heteroatoms.